The van der Waals surface area contributed by atoms with Crippen LogP contribution in [0.3, 0.4) is 0 Å². The molecule has 3 heterocycles. The van der Waals surface area contributed by atoms with Crippen LogP contribution < -0.4 is 10.9 Å². The number of benzene rings is 2. The summed E-state index contributed by atoms with van der Waals surface area (Å²) in [6.45, 7) is 1.91. The predicted molar refractivity (Wildman–Crippen MR) is 132 cm³/mol. The van der Waals surface area contributed by atoms with Gasteiger partial charge >= 0.3 is 0 Å². The first kappa shape index (κ1) is 21.6. The van der Waals surface area contributed by atoms with Gasteiger partial charge in [-0.1, -0.05) is 53.5 Å². The molecule has 5 rings (SSSR count). The topological polar surface area (TPSA) is 85.6 Å². The number of hydrogen-bond acceptors (Lipinski definition) is 6. The Kier molecular flexibility index (Phi) is 5.62. The van der Waals surface area contributed by atoms with Crippen molar-refractivity contribution < 1.29 is 0 Å². The van der Waals surface area contributed by atoms with Crippen LogP contribution in [0.15, 0.2) is 65.6 Å². The molecular weight excluding hydrogens is 483 g/mol. The van der Waals surface area contributed by atoms with Crippen LogP contribution in [0.2, 0.25) is 15.5 Å². The van der Waals surface area contributed by atoms with Crippen molar-refractivity contribution in [3.05, 3.63) is 92.3 Å². The first-order chi connectivity index (χ1) is 15.9. The molecule has 0 aliphatic carbocycles. The smallest absolute Gasteiger partial charge is 0.264 e. The van der Waals surface area contributed by atoms with E-state index in [4.69, 9.17) is 34.8 Å². The molecule has 0 aliphatic heterocycles. The van der Waals surface area contributed by atoms with Gasteiger partial charge in [-0.3, -0.25) is 9.36 Å². The third kappa shape index (κ3) is 3.99. The first-order valence-electron chi connectivity index (χ1n) is 9.94. The first-order valence-corrected chi connectivity index (χ1v) is 11.1. The maximum absolute atomic E-state index is 13.6. The third-order valence-corrected chi connectivity index (χ3v) is 5.85. The lowest BCUT2D eigenvalue weighted by molar-refractivity contribution is 0.774. The van der Waals surface area contributed by atoms with E-state index in [2.05, 4.69) is 25.3 Å². The number of para-hydroxylation sites is 1. The minimum Gasteiger partial charge on any atom is -0.360 e. The number of hydrogen-bond donors (Lipinski definition) is 1. The van der Waals surface area contributed by atoms with E-state index < -0.39 is 0 Å². The average Bonchev–Trinajstić information content (AvgIpc) is 2.79. The van der Waals surface area contributed by atoms with Crippen LogP contribution in [0.25, 0.3) is 27.6 Å². The summed E-state index contributed by atoms with van der Waals surface area (Å²) in [4.78, 5) is 30.4. The zero-order chi connectivity index (χ0) is 23.1. The Bertz CT molecular complexity index is 1570. The Morgan fingerprint density at radius 3 is 2.55 bits per heavy atom. The highest BCUT2D eigenvalue weighted by atomic mass is 35.5. The zero-order valence-corrected chi connectivity index (χ0v) is 19.4. The van der Waals surface area contributed by atoms with E-state index in [0.717, 1.165) is 5.39 Å². The van der Waals surface area contributed by atoms with Gasteiger partial charge in [0, 0.05) is 11.4 Å². The van der Waals surface area contributed by atoms with Gasteiger partial charge in [0.1, 0.15) is 5.15 Å². The number of rotatable bonds is 4. The molecule has 0 amide bonds. The lowest BCUT2D eigenvalue weighted by Gasteiger charge is -2.22. The van der Waals surface area contributed by atoms with Crippen molar-refractivity contribution in [3.63, 3.8) is 0 Å². The summed E-state index contributed by atoms with van der Waals surface area (Å²) in [5.74, 6) is 0.375. The van der Waals surface area contributed by atoms with E-state index in [1.165, 1.54) is 6.20 Å². The number of fused-ring (bicyclic) bond motifs is 2. The van der Waals surface area contributed by atoms with Gasteiger partial charge in [0.2, 0.25) is 5.28 Å². The Morgan fingerprint density at radius 2 is 1.76 bits per heavy atom. The highest BCUT2D eigenvalue weighted by molar-refractivity contribution is 6.35. The number of aromatic nitrogens is 5. The van der Waals surface area contributed by atoms with Gasteiger partial charge in [0.15, 0.2) is 17.0 Å². The Hall–Kier alpha value is -3.26. The molecule has 0 aliphatic rings. The Labute approximate surface area is 203 Å². The maximum Gasteiger partial charge on any atom is 0.264 e. The van der Waals surface area contributed by atoms with E-state index in [-0.39, 0.29) is 27.7 Å². The molecule has 0 saturated heterocycles. The van der Waals surface area contributed by atoms with Crippen LogP contribution in [0.4, 0.5) is 5.82 Å². The highest BCUT2D eigenvalue weighted by Gasteiger charge is 2.20. The SMILES string of the molecule is CC(Nc1nc(Cl)nc2nc(Cl)cnc12)c1cc2cccc(Cl)c2c(=O)n1-c1ccccc1. The lowest BCUT2D eigenvalue weighted by Crippen LogP contribution is -2.26. The van der Waals surface area contributed by atoms with Crippen LogP contribution in [-0.4, -0.2) is 24.5 Å². The fraction of sp³-hybridized carbons (Fsp3) is 0.0870. The number of anilines is 1. The Balaban J connectivity index is 1.70. The quantitative estimate of drug-likeness (QED) is 0.313. The van der Waals surface area contributed by atoms with E-state index in [1.54, 1.807) is 10.6 Å². The molecular formula is C23H15Cl3N6O. The fourth-order valence-corrected chi connectivity index (χ4v) is 4.30. The minimum absolute atomic E-state index is 0.000454. The van der Waals surface area contributed by atoms with Crippen molar-refractivity contribution in [2.45, 2.75) is 13.0 Å². The standard InChI is InChI=1S/C23H15Cl3N6O/c1-12(28-20-19-21(31-23(26)30-20)29-17(25)11-27-19)16-10-13-6-5-9-15(24)18(13)22(33)32(16)14-7-3-2-4-8-14/h2-12H,1H3,(H,28,29,30,31). The van der Waals surface area contributed by atoms with Crippen LogP contribution in [0, 0.1) is 0 Å². The third-order valence-electron chi connectivity index (χ3n) is 5.19. The summed E-state index contributed by atoms with van der Waals surface area (Å²) in [5.41, 5.74) is 1.87. The van der Waals surface area contributed by atoms with Crippen molar-refractivity contribution in [3.8, 4) is 5.69 Å². The highest BCUT2D eigenvalue weighted by Crippen LogP contribution is 2.28. The van der Waals surface area contributed by atoms with Gasteiger partial charge in [0.25, 0.3) is 5.56 Å². The number of nitrogens with zero attached hydrogens (tertiary/aromatic N) is 5. The fourth-order valence-electron chi connectivity index (χ4n) is 3.74. The second kappa shape index (κ2) is 8.59. The van der Waals surface area contributed by atoms with E-state index in [0.29, 0.717) is 33.1 Å². The normalized spacial score (nSPS) is 12.2. The largest absolute Gasteiger partial charge is 0.360 e. The second-order valence-electron chi connectivity index (χ2n) is 7.32. The van der Waals surface area contributed by atoms with E-state index in [9.17, 15) is 4.79 Å². The number of pyridine rings is 1. The summed E-state index contributed by atoms with van der Waals surface area (Å²) in [6, 6.07) is 16.3. The molecule has 0 fully saturated rings. The lowest BCUT2D eigenvalue weighted by atomic mass is 10.1. The van der Waals surface area contributed by atoms with Crippen LogP contribution in [0.1, 0.15) is 18.7 Å². The van der Waals surface area contributed by atoms with Gasteiger partial charge in [0.05, 0.1) is 22.6 Å². The van der Waals surface area contributed by atoms with Crippen LogP contribution in [-0.2, 0) is 0 Å². The molecule has 1 atom stereocenters. The molecule has 2 aromatic carbocycles. The van der Waals surface area contributed by atoms with Gasteiger partial charge < -0.3 is 5.32 Å². The molecule has 3 aromatic heterocycles. The Morgan fingerprint density at radius 1 is 0.970 bits per heavy atom. The van der Waals surface area contributed by atoms with Crippen molar-refractivity contribution in [2.75, 3.05) is 5.32 Å². The maximum atomic E-state index is 13.6. The number of halogens is 3. The average molecular weight is 498 g/mol. The zero-order valence-electron chi connectivity index (χ0n) is 17.1. The van der Waals surface area contributed by atoms with Gasteiger partial charge in [-0.05, 0) is 48.2 Å². The predicted octanol–water partition coefficient (Wildman–Crippen LogP) is 5.86. The summed E-state index contributed by atoms with van der Waals surface area (Å²) in [5, 5.41) is 5.09. The van der Waals surface area contributed by atoms with Crippen LogP contribution >= 0.6 is 34.8 Å². The summed E-state index contributed by atoms with van der Waals surface area (Å²) in [7, 11) is 0. The minimum atomic E-state index is -0.382. The molecule has 7 nitrogen and oxygen atoms in total. The molecule has 5 aromatic rings. The molecule has 0 saturated carbocycles. The van der Waals surface area contributed by atoms with Crippen LogP contribution in [0.5, 0.6) is 0 Å². The monoisotopic (exact) mass is 496 g/mol. The molecule has 10 heteroatoms. The molecule has 1 unspecified atom stereocenters. The van der Waals surface area contributed by atoms with Crippen molar-refractivity contribution >= 4 is 62.6 Å². The van der Waals surface area contributed by atoms with E-state index in [1.807, 2.05) is 55.5 Å². The van der Waals surface area contributed by atoms with Gasteiger partial charge in [-0.2, -0.15) is 9.97 Å². The summed E-state index contributed by atoms with van der Waals surface area (Å²) >= 11 is 18.5. The van der Waals surface area contributed by atoms with Crippen molar-refractivity contribution in [1.29, 1.82) is 0 Å². The van der Waals surface area contributed by atoms with Crippen molar-refractivity contribution in [2.24, 2.45) is 0 Å². The number of nitrogens with one attached hydrogen (secondary N) is 1. The molecule has 0 spiro atoms. The van der Waals surface area contributed by atoms with E-state index >= 15 is 0 Å². The molecule has 33 heavy (non-hydrogen) atoms. The van der Waals surface area contributed by atoms with Crippen molar-refractivity contribution in [1.82, 2.24) is 24.5 Å². The molecule has 0 radical (unpaired) electrons. The second-order valence-corrected chi connectivity index (χ2v) is 8.45. The van der Waals surface area contributed by atoms with Gasteiger partial charge in [-0.25, -0.2) is 9.97 Å². The summed E-state index contributed by atoms with van der Waals surface area (Å²) < 4.78 is 1.64. The molecule has 164 valence electrons. The summed E-state index contributed by atoms with van der Waals surface area (Å²) in [6.07, 6.45) is 1.41. The van der Waals surface area contributed by atoms with Gasteiger partial charge in [-0.15, -0.1) is 0 Å². The molecule has 1 N–H and O–H groups in total. The molecule has 0 bridgehead atoms.